The molecule has 0 saturated carbocycles. The maximum absolute atomic E-state index is 13.2. The Morgan fingerprint density at radius 3 is 2.55 bits per heavy atom. The van der Waals surface area contributed by atoms with E-state index in [4.69, 9.17) is 4.74 Å². The Balaban J connectivity index is 1.61. The molecular weight excluding hydrogens is 465 g/mol. The second kappa shape index (κ2) is 9.58. The third kappa shape index (κ3) is 4.92. The standard InChI is InChI=1S/C23H24FN3O4S2/c1-3-31-19-11-10-18(14-20(19)33(29,30)27-12-4-5-13-27)26-22(28)21-15(2)25-23(32-21)16-6-8-17(24)9-7-16/h6-11,14H,3-5,12-13H2,1-2H3,(H,26,28). The number of aromatic nitrogens is 1. The van der Waals surface area contributed by atoms with Gasteiger partial charge < -0.3 is 10.1 Å². The minimum atomic E-state index is -3.74. The van der Waals surface area contributed by atoms with E-state index in [1.54, 1.807) is 38.1 Å². The van der Waals surface area contributed by atoms with Crippen LogP contribution in [0.15, 0.2) is 47.4 Å². The van der Waals surface area contributed by atoms with E-state index in [-0.39, 0.29) is 16.5 Å². The molecule has 1 amide bonds. The number of halogens is 1. The van der Waals surface area contributed by atoms with Crippen molar-refractivity contribution in [1.82, 2.24) is 9.29 Å². The lowest BCUT2D eigenvalue weighted by Gasteiger charge is -2.19. The molecule has 0 aliphatic carbocycles. The van der Waals surface area contributed by atoms with Crippen LogP contribution in [-0.2, 0) is 10.0 Å². The molecule has 0 atom stereocenters. The number of carbonyl (C=O) groups is 1. The van der Waals surface area contributed by atoms with Crippen LogP contribution < -0.4 is 10.1 Å². The molecule has 1 fully saturated rings. The molecular formula is C23H24FN3O4S2. The number of anilines is 1. The van der Waals surface area contributed by atoms with E-state index in [2.05, 4.69) is 10.3 Å². The Morgan fingerprint density at radius 2 is 1.88 bits per heavy atom. The number of ether oxygens (including phenoxy) is 1. The lowest BCUT2D eigenvalue weighted by molar-refractivity contribution is 0.102. The van der Waals surface area contributed by atoms with Gasteiger partial charge in [0.25, 0.3) is 5.91 Å². The fourth-order valence-electron chi connectivity index (χ4n) is 3.64. The zero-order valence-electron chi connectivity index (χ0n) is 18.3. The van der Waals surface area contributed by atoms with Crippen molar-refractivity contribution in [3.8, 4) is 16.3 Å². The molecule has 0 spiro atoms. The van der Waals surface area contributed by atoms with Crippen molar-refractivity contribution in [3.63, 3.8) is 0 Å². The molecule has 1 aromatic heterocycles. The molecule has 4 rings (SSSR count). The second-order valence-electron chi connectivity index (χ2n) is 7.60. The fourth-order valence-corrected chi connectivity index (χ4v) is 6.28. The van der Waals surface area contributed by atoms with Gasteiger partial charge >= 0.3 is 0 Å². The molecule has 0 unspecified atom stereocenters. The van der Waals surface area contributed by atoms with E-state index in [1.165, 1.54) is 33.8 Å². The first-order valence-corrected chi connectivity index (χ1v) is 12.9. The molecule has 33 heavy (non-hydrogen) atoms. The van der Waals surface area contributed by atoms with Crippen LogP contribution in [0.3, 0.4) is 0 Å². The minimum absolute atomic E-state index is 0.0390. The van der Waals surface area contributed by atoms with Gasteiger partial charge in [-0.15, -0.1) is 11.3 Å². The summed E-state index contributed by atoms with van der Waals surface area (Å²) in [6, 6.07) is 10.5. The Labute approximate surface area is 196 Å². The topological polar surface area (TPSA) is 88.6 Å². The molecule has 3 aromatic rings. The second-order valence-corrected chi connectivity index (χ2v) is 10.5. The summed E-state index contributed by atoms with van der Waals surface area (Å²) in [6.45, 7) is 4.76. The van der Waals surface area contributed by atoms with E-state index in [9.17, 15) is 17.6 Å². The number of nitrogens with one attached hydrogen (secondary N) is 1. The van der Waals surface area contributed by atoms with Gasteiger partial charge in [-0.1, -0.05) is 0 Å². The van der Waals surface area contributed by atoms with E-state index in [0.717, 1.165) is 12.8 Å². The van der Waals surface area contributed by atoms with Gasteiger partial charge in [0.2, 0.25) is 10.0 Å². The molecule has 1 aliphatic rings. The predicted octanol–water partition coefficient (Wildman–Crippen LogP) is 4.69. The maximum Gasteiger partial charge on any atom is 0.267 e. The summed E-state index contributed by atoms with van der Waals surface area (Å²) < 4.78 is 46.6. The summed E-state index contributed by atoms with van der Waals surface area (Å²) >= 11 is 1.19. The monoisotopic (exact) mass is 489 g/mol. The number of hydrogen-bond acceptors (Lipinski definition) is 6. The van der Waals surface area contributed by atoms with Crippen LogP contribution in [0.5, 0.6) is 5.75 Å². The lowest BCUT2D eigenvalue weighted by atomic mass is 10.2. The number of hydrogen-bond donors (Lipinski definition) is 1. The fraction of sp³-hybridized carbons (Fsp3) is 0.304. The van der Waals surface area contributed by atoms with E-state index in [1.807, 2.05) is 0 Å². The van der Waals surface area contributed by atoms with E-state index >= 15 is 0 Å². The van der Waals surface area contributed by atoms with Gasteiger partial charge in [0.05, 0.1) is 12.3 Å². The zero-order valence-corrected chi connectivity index (χ0v) is 19.9. The highest BCUT2D eigenvalue weighted by atomic mass is 32.2. The highest BCUT2D eigenvalue weighted by Gasteiger charge is 2.30. The number of aryl methyl sites for hydroxylation is 1. The smallest absolute Gasteiger partial charge is 0.267 e. The Morgan fingerprint density at radius 1 is 1.18 bits per heavy atom. The first kappa shape index (κ1) is 23.3. The maximum atomic E-state index is 13.2. The van der Waals surface area contributed by atoms with Crippen LogP contribution in [0.1, 0.15) is 35.1 Å². The molecule has 174 valence electrons. The van der Waals surface area contributed by atoms with Crippen LogP contribution in [0.4, 0.5) is 10.1 Å². The average molecular weight is 490 g/mol. The van der Waals surface area contributed by atoms with Gasteiger partial charge in [0.15, 0.2) is 0 Å². The van der Waals surface area contributed by atoms with Gasteiger partial charge in [0, 0.05) is 24.3 Å². The van der Waals surface area contributed by atoms with Crippen molar-refractivity contribution in [1.29, 1.82) is 0 Å². The number of sulfonamides is 1. The highest BCUT2D eigenvalue weighted by Crippen LogP contribution is 2.33. The first-order chi connectivity index (χ1) is 15.8. The average Bonchev–Trinajstić information content (AvgIpc) is 3.46. The van der Waals surface area contributed by atoms with Crippen LogP contribution in [0.25, 0.3) is 10.6 Å². The van der Waals surface area contributed by atoms with Crippen molar-refractivity contribution in [3.05, 3.63) is 58.9 Å². The number of rotatable bonds is 7. The van der Waals surface area contributed by atoms with Gasteiger partial charge in [-0.2, -0.15) is 4.31 Å². The Kier molecular flexibility index (Phi) is 6.78. The number of carbonyl (C=O) groups excluding carboxylic acids is 1. The number of nitrogens with zero attached hydrogens (tertiary/aromatic N) is 2. The van der Waals surface area contributed by atoms with Crippen molar-refractivity contribution >= 4 is 33.0 Å². The Hall–Kier alpha value is -2.82. The minimum Gasteiger partial charge on any atom is -0.492 e. The predicted molar refractivity (Wildman–Crippen MR) is 126 cm³/mol. The van der Waals surface area contributed by atoms with Crippen molar-refractivity contribution < 1.29 is 22.3 Å². The van der Waals surface area contributed by atoms with Gasteiger partial charge in [-0.3, -0.25) is 4.79 Å². The lowest BCUT2D eigenvalue weighted by Crippen LogP contribution is -2.28. The van der Waals surface area contributed by atoms with Crippen molar-refractivity contribution in [2.75, 3.05) is 25.0 Å². The molecule has 2 heterocycles. The molecule has 7 nitrogen and oxygen atoms in total. The summed E-state index contributed by atoms with van der Waals surface area (Å²) in [5.74, 6) is -0.484. The van der Waals surface area contributed by atoms with Crippen LogP contribution in [0, 0.1) is 12.7 Å². The van der Waals surface area contributed by atoms with Crippen LogP contribution in [0.2, 0.25) is 0 Å². The van der Waals surface area contributed by atoms with Gasteiger partial charge in [0.1, 0.15) is 26.3 Å². The molecule has 10 heteroatoms. The zero-order chi connectivity index (χ0) is 23.6. The summed E-state index contributed by atoms with van der Waals surface area (Å²) in [6.07, 6.45) is 1.64. The molecule has 1 saturated heterocycles. The summed E-state index contributed by atoms with van der Waals surface area (Å²) in [7, 11) is -3.74. The normalized spacial score (nSPS) is 14.4. The number of amides is 1. The third-order valence-electron chi connectivity index (χ3n) is 5.28. The van der Waals surface area contributed by atoms with E-state index < -0.39 is 15.9 Å². The summed E-state index contributed by atoms with van der Waals surface area (Å²) in [5, 5.41) is 3.38. The molecule has 0 radical (unpaired) electrons. The van der Waals surface area contributed by atoms with Crippen molar-refractivity contribution in [2.45, 2.75) is 31.6 Å². The number of benzene rings is 2. The molecule has 1 N–H and O–H groups in total. The quantitative estimate of drug-likeness (QED) is 0.520. The molecule has 1 aliphatic heterocycles. The Bertz CT molecular complexity index is 1270. The third-order valence-corrected chi connectivity index (χ3v) is 8.40. The number of thiazole rings is 1. The van der Waals surface area contributed by atoms with Crippen LogP contribution in [-0.4, -0.2) is 43.3 Å². The summed E-state index contributed by atoms with van der Waals surface area (Å²) in [5.41, 5.74) is 1.59. The first-order valence-electron chi connectivity index (χ1n) is 10.6. The SMILES string of the molecule is CCOc1ccc(NC(=O)c2sc(-c3ccc(F)cc3)nc2C)cc1S(=O)(=O)N1CCCC1. The summed E-state index contributed by atoms with van der Waals surface area (Å²) in [4.78, 5) is 17.8. The van der Waals surface area contributed by atoms with Crippen LogP contribution >= 0.6 is 11.3 Å². The van der Waals surface area contributed by atoms with E-state index in [0.29, 0.717) is 46.5 Å². The highest BCUT2D eigenvalue weighted by molar-refractivity contribution is 7.89. The molecule has 2 aromatic carbocycles. The van der Waals surface area contributed by atoms with Gasteiger partial charge in [-0.05, 0) is 69.2 Å². The molecule has 0 bridgehead atoms. The van der Waals surface area contributed by atoms with Gasteiger partial charge in [-0.25, -0.2) is 17.8 Å². The largest absolute Gasteiger partial charge is 0.492 e. The van der Waals surface area contributed by atoms with Crippen molar-refractivity contribution in [2.24, 2.45) is 0 Å².